The highest BCUT2D eigenvalue weighted by molar-refractivity contribution is 5.45. The van der Waals surface area contributed by atoms with Crippen molar-refractivity contribution < 1.29 is 9.13 Å². The van der Waals surface area contributed by atoms with Crippen molar-refractivity contribution in [3.8, 4) is 5.75 Å². The molecule has 1 aliphatic heterocycles. The third-order valence-corrected chi connectivity index (χ3v) is 2.31. The summed E-state index contributed by atoms with van der Waals surface area (Å²) in [6.07, 6.45) is 0.793. The minimum absolute atomic E-state index is 0.169. The molecular formula is C11H13FO. The monoisotopic (exact) mass is 180 g/mol. The summed E-state index contributed by atoms with van der Waals surface area (Å²) < 4.78 is 18.7. The van der Waals surface area contributed by atoms with Gasteiger partial charge in [-0.2, -0.15) is 0 Å². The van der Waals surface area contributed by atoms with Gasteiger partial charge in [-0.3, -0.25) is 0 Å². The zero-order chi connectivity index (χ0) is 9.64. The number of benzene rings is 1. The molecule has 0 unspecified atom stereocenters. The van der Waals surface area contributed by atoms with E-state index >= 15 is 0 Å². The Morgan fingerprint density at radius 3 is 2.77 bits per heavy atom. The first-order valence-electron chi connectivity index (χ1n) is 4.46. The summed E-state index contributed by atoms with van der Waals surface area (Å²) in [4.78, 5) is 0. The van der Waals surface area contributed by atoms with E-state index in [1.807, 2.05) is 20.8 Å². The van der Waals surface area contributed by atoms with Gasteiger partial charge in [0, 0.05) is 12.0 Å². The lowest BCUT2D eigenvalue weighted by molar-refractivity contribution is 0.137. The molecule has 1 nitrogen and oxygen atoms in total. The van der Waals surface area contributed by atoms with Gasteiger partial charge in [-0.25, -0.2) is 4.39 Å². The average molecular weight is 180 g/mol. The third kappa shape index (κ3) is 1.41. The fourth-order valence-electron chi connectivity index (χ4n) is 1.85. The van der Waals surface area contributed by atoms with Crippen LogP contribution in [0, 0.1) is 12.7 Å². The number of hydrogen-bond acceptors (Lipinski definition) is 1. The van der Waals surface area contributed by atoms with Gasteiger partial charge in [0.1, 0.15) is 17.2 Å². The second-order valence-corrected chi connectivity index (χ2v) is 4.25. The Bertz CT molecular complexity index is 355. The summed E-state index contributed by atoms with van der Waals surface area (Å²) in [5.74, 6) is 0.698. The van der Waals surface area contributed by atoms with Gasteiger partial charge in [-0.15, -0.1) is 0 Å². The molecule has 0 N–H and O–H groups in total. The van der Waals surface area contributed by atoms with Crippen molar-refractivity contribution in [1.29, 1.82) is 0 Å². The van der Waals surface area contributed by atoms with Crippen LogP contribution in [0.2, 0.25) is 0 Å². The van der Waals surface area contributed by atoms with Crippen LogP contribution < -0.4 is 4.74 Å². The van der Waals surface area contributed by atoms with Crippen molar-refractivity contribution in [2.75, 3.05) is 0 Å². The molecular weight excluding hydrogens is 167 g/mol. The lowest BCUT2D eigenvalue weighted by Crippen LogP contribution is -2.24. The standard InChI is InChI=1S/C11H13FO/c1-7-4-9(12)5-8-6-11(2,3)13-10(7)8/h4-5H,6H2,1-3H3. The van der Waals surface area contributed by atoms with Crippen molar-refractivity contribution in [3.63, 3.8) is 0 Å². The molecule has 13 heavy (non-hydrogen) atoms. The molecule has 70 valence electrons. The van der Waals surface area contributed by atoms with Crippen LogP contribution in [0.1, 0.15) is 25.0 Å². The lowest BCUT2D eigenvalue weighted by Gasteiger charge is -2.17. The molecule has 1 aromatic carbocycles. The fourth-order valence-corrected chi connectivity index (χ4v) is 1.85. The zero-order valence-electron chi connectivity index (χ0n) is 8.15. The lowest BCUT2D eigenvalue weighted by atomic mass is 10.0. The van der Waals surface area contributed by atoms with E-state index in [4.69, 9.17) is 4.74 Å². The minimum atomic E-state index is -0.180. The van der Waals surface area contributed by atoms with Crippen molar-refractivity contribution in [2.24, 2.45) is 0 Å². The Hall–Kier alpha value is -1.05. The molecule has 0 bridgehead atoms. The van der Waals surface area contributed by atoms with E-state index in [0.29, 0.717) is 0 Å². The topological polar surface area (TPSA) is 9.23 Å². The third-order valence-electron chi connectivity index (χ3n) is 2.31. The number of halogens is 1. The minimum Gasteiger partial charge on any atom is -0.487 e. The van der Waals surface area contributed by atoms with Crippen LogP contribution in [0.5, 0.6) is 5.75 Å². The second kappa shape index (κ2) is 2.47. The highest BCUT2D eigenvalue weighted by Crippen LogP contribution is 2.37. The van der Waals surface area contributed by atoms with Gasteiger partial charge in [-0.05, 0) is 38.5 Å². The Kier molecular flexibility index (Phi) is 1.62. The SMILES string of the molecule is Cc1cc(F)cc2c1OC(C)(C)C2. The van der Waals surface area contributed by atoms with Crippen LogP contribution in [0.3, 0.4) is 0 Å². The van der Waals surface area contributed by atoms with Crippen LogP contribution in [0.15, 0.2) is 12.1 Å². The molecule has 0 amide bonds. The Labute approximate surface area is 77.5 Å². The largest absolute Gasteiger partial charge is 0.487 e. The average Bonchev–Trinajstić information content (AvgIpc) is 2.23. The van der Waals surface area contributed by atoms with Gasteiger partial charge < -0.3 is 4.74 Å². The maximum absolute atomic E-state index is 13.0. The van der Waals surface area contributed by atoms with E-state index in [1.54, 1.807) is 6.07 Å². The summed E-state index contributed by atoms with van der Waals surface area (Å²) in [6.45, 7) is 5.91. The summed E-state index contributed by atoms with van der Waals surface area (Å²) in [5, 5.41) is 0. The molecule has 0 spiro atoms. The van der Waals surface area contributed by atoms with Crippen LogP contribution in [0.4, 0.5) is 4.39 Å². The van der Waals surface area contributed by atoms with Crippen LogP contribution in [-0.2, 0) is 6.42 Å². The molecule has 0 radical (unpaired) electrons. The summed E-state index contributed by atoms with van der Waals surface area (Å²) in [7, 11) is 0. The predicted molar refractivity (Wildman–Crippen MR) is 49.5 cm³/mol. The second-order valence-electron chi connectivity index (χ2n) is 4.25. The molecule has 0 fully saturated rings. The number of hydrogen-bond donors (Lipinski definition) is 0. The van der Waals surface area contributed by atoms with Gasteiger partial charge in [0.2, 0.25) is 0 Å². The van der Waals surface area contributed by atoms with Gasteiger partial charge >= 0.3 is 0 Å². The first kappa shape index (κ1) is 8.54. The molecule has 1 aliphatic rings. The highest BCUT2D eigenvalue weighted by Gasteiger charge is 2.31. The van der Waals surface area contributed by atoms with Crippen LogP contribution >= 0.6 is 0 Å². The van der Waals surface area contributed by atoms with E-state index in [9.17, 15) is 4.39 Å². The zero-order valence-corrected chi connectivity index (χ0v) is 8.15. The number of fused-ring (bicyclic) bond motifs is 1. The van der Waals surface area contributed by atoms with Gasteiger partial charge in [0.05, 0.1) is 0 Å². The fraction of sp³-hybridized carbons (Fsp3) is 0.455. The molecule has 1 aromatic rings. The smallest absolute Gasteiger partial charge is 0.126 e. The van der Waals surface area contributed by atoms with Crippen molar-refractivity contribution >= 4 is 0 Å². The molecule has 1 heterocycles. The summed E-state index contributed by atoms with van der Waals surface area (Å²) in [6, 6.07) is 3.08. The van der Waals surface area contributed by atoms with Crippen molar-refractivity contribution in [1.82, 2.24) is 0 Å². The normalized spacial score (nSPS) is 18.2. The van der Waals surface area contributed by atoms with E-state index in [2.05, 4.69) is 0 Å². The molecule has 0 atom stereocenters. The number of aryl methyl sites for hydroxylation is 1. The van der Waals surface area contributed by atoms with E-state index in [-0.39, 0.29) is 11.4 Å². The maximum Gasteiger partial charge on any atom is 0.126 e. The van der Waals surface area contributed by atoms with E-state index < -0.39 is 0 Å². The Balaban J connectivity index is 2.52. The molecule has 2 heteroatoms. The van der Waals surface area contributed by atoms with Gasteiger partial charge in [0.15, 0.2) is 0 Å². The summed E-state index contributed by atoms with van der Waals surface area (Å²) in [5.41, 5.74) is 1.70. The predicted octanol–water partition coefficient (Wildman–Crippen LogP) is 2.85. The maximum atomic E-state index is 13.0. The summed E-state index contributed by atoms with van der Waals surface area (Å²) >= 11 is 0. The number of ether oxygens (including phenoxy) is 1. The van der Waals surface area contributed by atoms with Crippen LogP contribution in [-0.4, -0.2) is 5.60 Å². The van der Waals surface area contributed by atoms with Crippen molar-refractivity contribution in [3.05, 3.63) is 29.1 Å². The number of rotatable bonds is 0. The Morgan fingerprint density at radius 1 is 1.38 bits per heavy atom. The van der Waals surface area contributed by atoms with Gasteiger partial charge in [0.25, 0.3) is 0 Å². The van der Waals surface area contributed by atoms with E-state index in [1.165, 1.54) is 6.07 Å². The Morgan fingerprint density at radius 2 is 2.08 bits per heavy atom. The molecule has 0 aromatic heterocycles. The first-order valence-corrected chi connectivity index (χ1v) is 4.46. The van der Waals surface area contributed by atoms with Crippen molar-refractivity contribution in [2.45, 2.75) is 32.8 Å². The highest BCUT2D eigenvalue weighted by atomic mass is 19.1. The molecule has 2 rings (SSSR count). The molecule has 0 aliphatic carbocycles. The molecule has 0 saturated heterocycles. The van der Waals surface area contributed by atoms with E-state index in [0.717, 1.165) is 23.3 Å². The molecule has 0 saturated carbocycles. The van der Waals surface area contributed by atoms with Gasteiger partial charge in [-0.1, -0.05) is 0 Å². The van der Waals surface area contributed by atoms with Crippen LogP contribution in [0.25, 0.3) is 0 Å². The quantitative estimate of drug-likeness (QED) is 0.596. The first-order chi connectivity index (χ1) is 5.98.